The normalized spacial score (nSPS) is 9.46. The Balaban J connectivity index is 0.000000212. The van der Waals surface area contributed by atoms with Crippen LogP contribution in [0.3, 0.4) is 0 Å². The summed E-state index contributed by atoms with van der Waals surface area (Å²) in [4.78, 5) is 10.5. The van der Waals surface area contributed by atoms with Gasteiger partial charge in [-0.3, -0.25) is 4.79 Å². The van der Waals surface area contributed by atoms with Gasteiger partial charge in [0.25, 0.3) is 0 Å². The highest BCUT2D eigenvalue weighted by molar-refractivity contribution is 5.92. The number of carbonyl (C=O) groups is 1. The molecule has 0 aliphatic carbocycles. The Labute approximate surface area is 170 Å². The third-order valence-corrected chi connectivity index (χ3v) is 4.47. The molecule has 0 atom stereocenters. The molecule has 3 rings (SSSR count). The van der Waals surface area contributed by atoms with Crippen molar-refractivity contribution in [2.45, 2.75) is 47.5 Å². The molecule has 1 amide bonds. The first-order valence-electron chi connectivity index (χ1n) is 9.83. The predicted octanol–water partition coefficient (Wildman–Crippen LogP) is 6.21. The van der Waals surface area contributed by atoms with E-state index in [2.05, 4.69) is 70.2 Å². The van der Waals surface area contributed by atoms with E-state index in [0.29, 0.717) is 5.56 Å². The zero-order chi connectivity index (χ0) is 20.9. The van der Waals surface area contributed by atoms with Crippen molar-refractivity contribution in [3.05, 3.63) is 106 Å². The van der Waals surface area contributed by atoms with E-state index in [0.717, 1.165) is 18.4 Å². The van der Waals surface area contributed by atoms with Crippen LogP contribution in [0.1, 0.15) is 52.0 Å². The Bertz CT molecular complexity index is 836. The second-order valence-corrected chi connectivity index (χ2v) is 6.85. The minimum atomic E-state index is -0.375. The fraction of sp³-hybridized carbons (Fsp3) is 0.269. The Kier molecular flexibility index (Phi) is 10.3. The van der Waals surface area contributed by atoms with Gasteiger partial charge in [0.15, 0.2) is 0 Å². The molecule has 0 spiro atoms. The molecule has 2 heteroatoms. The van der Waals surface area contributed by atoms with E-state index in [4.69, 9.17) is 5.73 Å². The van der Waals surface area contributed by atoms with Crippen molar-refractivity contribution in [2.24, 2.45) is 5.73 Å². The lowest BCUT2D eigenvalue weighted by Crippen LogP contribution is -2.10. The third-order valence-electron chi connectivity index (χ3n) is 4.47. The number of carbonyl (C=O) groups excluding carboxylic acids is 1. The second kappa shape index (κ2) is 12.5. The maximum absolute atomic E-state index is 10.5. The smallest absolute Gasteiger partial charge is 0.248 e. The molecular weight excluding hydrogens is 342 g/mol. The Morgan fingerprint density at radius 2 is 1.32 bits per heavy atom. The molecule has 3 aromatic carbocycles. The molecule has 0 saturated carbocycles. The summed E-state index contributed by atoms with van der Waals surface area (Å²) in [6.07, 6.45) is 2.28. The lowest BCUT2D eigenvalue weighted by Gasteiger charge is -2.02. The van der Waals surface area contributed by atoms with E-state index < -0.39 is 0 Å². The van der Waals surface area contributed by atoms with E-state index >= 15 is 0 Å². The molecule has 3 aromatic rings. The lowest BCUT2D eigenvalue weighted by molar-refractivity contribution is 0.100. The van der Waals surface area contributed by atoms with E-state index in [1.165, 1.54) is 22.3 Å². The first kappa shape index (κ1) is 23.2. The van der Waals surface area contributed by atoms with Crippen LogP contribution >= 0.6 is 0 Å². The number of amides is 1. The number of hydrogen-bond donors (Lipinski definition) is 1. The Morgan fingerprint density at radius 1 is 0.750 bits per heavy atom. The van der Waals surface area contributed by atoms with Gasteiger partial charge in [0, 0.05) is 5.56 Å². The quantitative estimate of drug-likeness (QED) is 0.581. The lowest BCUT2D eigenvalue weighted by atomic mass is 10.0. The number of benzene rings is 3. The van der Waals surface area contributed by atoms with Gasteiger partial charge in [-0.2, -0.15) is 0 Å². The fourth-order valence-electron chi connectivity index (χ4n) is 2.67. The molecule has 2 N–H and O–H groups in total. The molecule has 0 aliphatic rings. The predicted molar refractivity (Wildman–Crippen MR) is 121 cm³/mol. The van der Waals surface area contributed by atoms with Crippen molar-refractivity contribution in [3.8, 4) is 0 Å². The van der Waals surface area contributed by atoms with Crippen molar-refractivity contribution in [3.63, 3.8) is 0 Å². The summed E-state index contributed by atoms with van der Waals surface area (Å²) in [6.45, 7) is 10.6. The topological polar surface area (TPSA) is 43.1 Å². The maximum Gasteiger partial charge on any atom is 0.248 e. The molecule has 0 aromatic heterocycles. The highest BCUT2D eigenvalue weighted by atomic mass is 16.1. The van der Waals surface area contributed by atoms with Gasteiger partial charge in [0.2, 0.25) is 5.91 Å². The molecule has 0 fully saturated rings. The van der Waals surface area contributed by atoms with Gasteiger partial charge < -0.3 is 5.73 Å². The summed E-state index contributed by atoms with van der Waals surface area (Å²) in [5.41, 5.74) is 12.4. The van der Waals surface area contributed by atoms with Gasteiger partial charge in [-0.15, -0.1) is 0 Å². The average Bonchev–Trinajstić information content (AvgIpc) is 2.70. The van der Waals surface area contributed by atoms with Crippen molar-refractivity contribution in [1.82, 2.24) is 0 Å². The monoisotopic (exact) mass is 375 g/mol. The van der Waals surface area contributed by atoms with Gasteiger partial charge in [-0.1, -0.05) is 85.6 Å². The van der Waals surface area contributed by atoms with Crippen LogP contribution in [0, 0.1) is 20.8 Å². The van der Waals surface area contributed by atoms with Crippen molar-refractivity contribution < 1.29 is 4.79 Å². The number of hydrogen-bond acceptors (Lipinski definition) is 1. The molecule has 0 bridgehead atoms. The molecule has 0 aliphatic heterocycles. The van der Waals surface area contributed by atoms with Gasteiger partial charge in [-0.25, -0.2) is 0 Å². The largest absolute Gasteiger partial charge is 0.366 e. The van der Waals surface area contributed by atoms with Crippen LogP contribution in [0.15, 0.2) is 72.8 Å². The summed E-state index contributed by atoms with van der Waals surface area (Å²) in [5.74, 6) is -0.375. The standard InChI is InChI=1S/C10H14.C8H9NO.C8H10/c1-4-10-6-5-8(2)7-9(10)3;1-6-2-4-7(5-3-6)8(9)10;1-2-8-6-4-3-5-7-8/h5-7H,4H2,1-3H3;2-5H,1H3,(H2,9,10);3-7H,2H2,1H3. The number of primary amides is 1. The Morgan fingerprint density at radius 3 is 1.75 bits per heavy atom. The van der Waals surface area contributed by atoms with Gasteiger partial charge in [0.1, 0.15) is 0 Å². The summed E-state index contributed by atoms with van der Waals surface area (Å²) >= 11 is 0. The van der Waals surface area contributed by atoms with Gasteiger partial charge in [-0.05, 0) is 62.4 Å². The minimum Gasteiger partial charge on any atom is -0.366 e. The van der Waals surface area contributed by atoms with Crippen molar-refractivity contribution in [2.75, 3.05) is 0 Å². The average molecular weight is 376 g/mol. The number of nitrogens with two attached hydrogens (primary N) is 1. The van der Waals surface area contributed by atoms with E-state index in [-0.39, 0.29) is 5.91 Å². The summed E-state index contributed by atoms with van der Waals surface area (Å²) in [5, 5.41) is 0. The highest BCUT2D eigenvalue weighted by Crippen LogP contribution is 2.10. The minimum absolute atomic E-state index is 0.375. The van der Waals surface area contributed by atoms with Gasteiger partial charge >= 0.3 is 0 Å². The molecule has 148 valence electrons. The van der Waals surface area contributed by atoms with Crippen LogP contribution in [0.2, 0.25) is 0 Å². The van der Waals surface area contributed by atoms with Crippen molar-refractivity contribution in [1.29, 1.82) is 0 Å². The molecule has 0 unspecified atom stereocenters. The van der Waals surface area contributed by atoms with Crippen LogP contribution < -0.4 is 5.73 Å². The first-order chi connectivity index (χ1) is 13.4. The van der Waals surface area contributed by atoms with Crippen molar-refractivity contribution >= 4 is 5.91 Å². The molecule has 0 saturated heterocycles. The van der Waals surface area contributed by atoms with Crippen LogP contribution in [0.5, 0.6) is 0 Å². The van der Waals surface area contributed by atoms with E-state index in [1.807, 2.05) is 25.1 Å². The fourth-order valence-corrected chi connectivity index (χ4v) is 2.67. The molecular formula is C26H33NO. The number of rotatable bonds is 3. The molecule has 2 nitrogen and oxygen atoms in total. The Hall–Kier alpha value is -2.87. The third kappa shape index (κ3) is 8.68. The van der Waals surface area contributed by atoms with Crippen LogP contribution in [0.4, 0.5) is 0 Å². The van der Waals surface area contributed by atoms with E-state index in [9.17, 15) is 4.79 Å². The van der Waals surface area contributed by atoms with E-state index in [1.54, 1.807) is 12.1 Å². The zero-order valence-electron chi connectivity index (χ0n) is 17.8. The SMILES string of the molecule is CCc1ccc(C)cc1C.CCc1ccccc1.Cc1ccc(C(N)=O)cc1. The maximum atomic E-state index is 10.5. The molecule has 0 heterocycles. The number of aryl methyl sites for hydroxylation is 5. The zero-order valence-corrected chi connectivity index (χ0v) is 17.8. The van der Waals surface area contributed by atoms with Gasteiger partial charge in [0.05, 0.1) is 0 Å². The first-order valence-corrected chi connectivity index (χ1v) is 9.83. The van der Waals surface area contributed by atoms with Crippen LogP contribution in [-0.4, -0.2) is 5.91 Å². The van der Waals surface area contributed by atoms with Crippen LogP contribution in [-0.2, 0) is 12.8 Å². The molecule has 28 heavy (non-hydrogen) atoms. The van der Waals surface area contributed by atoms with Crippen LogP contribution in [0.25, 0.3) is 0 Å². The highest BCUT2D eigenvalue weighted by Gasteiger charge is 1.96. The summed E-state index contributed by atoms with van der Waals surface area (Å²) < 4.78 is 0. The summed E-state index contributed by atoms with van der Waals surface area (Å²) in [6, 6.07) is 24.2. The second-order valence-electron chi connectivity index (χ2n) is 6.85. The molecule has 0 radical (unpaired) electrons. The summed E-state index contributed by atoms with van der Waals surface area (Å²) in [7, 11) is 0.